The predicted molar refractivity (Wildman–Crippen MR) is 61.8 cm³/mol. The third-order valence-corrected chi connectivity index (χ3v) is 3.81. The molecule has 0 aliphatic heterocycles. The van der Waals surface area contributed by atoms with Crippen LogP contribution in [0.25, 0.3) is 0 Å². The summed E-state index contributed by atoms with van der Waals surface area (Å²) in [5, 5.41) is 10.1. The molecule has 0 heterocycles. The lowest BCUT2D eigenvalue weighted by Crippen LogP contribution is -2.43. The Balaban J connectivity index is 2.19. The second kappa shape index (κ2) is 4.12. The maximum Gasteiger partial charge on any atom is 0.0505 e. The second-order valence-corrected chi connectivity index (χ2v) is 4.84. The van der Waals surface area contributed by atoms with E-state index in [1.807, 2.05) is 24.3 Å². The van der Waals surface area contributed by atoms with Gasteiger partial charge in [-0.2, -0.15) is 0 Å². The summed E-state index contributed by atoms with van der Waals surface area (Å²) in [5.74, 6) is 0. The number of hydrogen-bond acceptors (Lipinski definition) is 2. The minimum absolute atomic E-state index is 0.0754. The van der Waals surface area contributed by atoms with Crippen molar-refractivity contribution in [2.75, 3.05) is 6.61 Å². The van der Waals surface area contributed by atoms with Crippen LogP contribution in [0.1, 0.15) is 30.9 Å². The maximum absolute atomic E-state index is 9.42. The van der Waals surface area contributed by atoms with Crippen LogP contribution in [-0.4, -0.2) is 11.7 Å². The summed E-state index contributed by atoms with van der Waals surface area (Å²) in [6.45, 7) is 0.177. The highest BCUT2D eigenvalue weighted by Gasteiger charge is 2.42. The summed E-state index contributed by atoms with van der Waals surface area (Å²) < 4.78 is 0. The van der Waals surface area contributed by atoms with Crippen molar-refractivity contribution in [3.63, 3.8) is 0 Å². The average Bonchev–Trinajstić information content (AvgIpc) is 2.18. The smallest absolute Gasteiger partial charge is 0.0505 e. The normalized spacial score (nSPS) is 20.7. The molecule has 0 aromatic heterocycles. The van der Waals surface area contributed by atoms with Gasteiger partial charge in [0.25, 0.3) is 0 Å². The standard InChI is InChI=1S/C12H16ClNO/c13-10-4-2-9(3-5-10)11(14)12(8-15)6-1-7-12/h2-5,11,15H,1,6-8,14H2. The molecule has 1 unspecified atom stereocenters. The molecule has 0 saturated heterocycles. The van der Waals surface area contributed by atoms with Crippen LogP contribution in [-0.2, 0) is 0 Å². The summed E-state index contributed by atoms with van der Waals surface area (Å²) in [6, 6.07) is 7.51. The molecule has 0 bridgehead atoms. The van der Waals surface area contributed by atoms with Crippen LogP contribution in [0.4, 0.5) is 0 Å². The van der Waals surface area contributed by atoms with E-state index < -0.39 is 0 Å². The van der Waals surface area contributed by atoms with Crippen LogP contribution in [0.3, 0.4) is 0 Å². The van der Waals surface area contributed by atoms with Crippen molar-refractivity contribution < 1.29 is 5.11 Å². The van der Waals surface area contributed by atoms with E-state index in [0.717, 1.165) is 23.4 Å². The zero-order valence-corrected chi connectivity index (χ0v) is 9.37. The fraction of sp³-hybridized carbons (Fsp3) is 0.500. The van der Waals surface area contributed by atoms with E-state index in [1.165, 1.54) is 6.42 Å². The first-order valence-corrected chi connectivity index (χ1v) is 5.68. The van der Waals surface area contributed by atoms with Gasteiger partial charge in [0.15, 0.2) is 0 Å². The molecule has 1 atom stereocenters. The average molecular weight is 226 g/mol. The van der Waals surface area contributed by atoms with Crippen molar-refractivity contribution in [3.8, 4) is 0 Å². The van der Waals surface area contributed by atoms with Crippen LogP contribution in [0.2, 0.25) is 5.02 Å². The van der Waals surface area contributed by atoms with Crippen molar-refractivity contribution in [1.29, 1.82) is 0 Å². The Hall–Kier alpha value is -0.570. The first-order chi connectivity index (χ1) is 7.18. The SMILES string of the molecule is NC(c1ccc(Cl)cc1)C1(CO)CCC1. The molecular formula is C12H16ClNO. The summed E-state index contributed by atoms with van der Waals surface area (Å²) in [7, 11) is 0. The van der Waals surface area contributed by atoms with Gasteiger partial charge in [-0.15, -0.1) is 0 Å². The lowest BCUT2D eigenvalue weighted by atomic mass is 9.63. The molecular weight excluding hydrogens is 210 g/mol. The molecule has 3 N–H and O–H groups in total. The van der Waals surface area contributed by atoms with E-state index in [9.17, 15) is 5.11 Å². The van der Waals surface area contributed by atoms with Gasteiger partial charge >= 0.3 is 0 Å². The number of nitrogens with two attached hydrogens (primary N) is 1. The van der Waals surface area contributed by atoms with Crippen LogP contribution in [0.15, 0.2) is 24.3 Å². The molecule has 1 aromatic carbocycles. The number of aliphatic hydroxyl groups is 1. The second-order valence-electron chi connectivity index (χ2n) is 4.40. The summed E-state index contributed by atoms with van der Waals surface area (Å²) >= 11 is 5.82. The van der Waals surface area contributed by atoms with Gasteiger partial charge in [-0.05, 0) is 30.5 Å². The van der Waals surface area contributed by atoms with Gasteiger partial charge in [0.2, 0.25) is 0 Å². The molecule has 2 nitrogen and oxygen atoms in total. The van der Waals surface area contributed by atoms with Gasteiger partial charge in [-0.1, -0.05) is 30.2 Å². The van der Waals surface area contributed by atoms with Crippen LogP contribution >= 0.6 is 11.6 Å². The topological polar surface area (TPSA) is 46.2 Å². The largest absolute Gasteiger partial charge is 0.396 e. The lowest BCUT2D eigenvalue weighted by Gasteiger charge is -2.45. The van der Waals surface area contributed by atoms with E-state index >= 15 is 0 Å². The maximum atomic E-state index is 9.42. The zero-order valence-electron chi connectivity index (χ0n) is 8.62. The molecule has 15 heavy (non-hydrogen) atoms. The molecule has 1 saturated carbocycles. The van der Waals surface area contributed by atoms with Crippen LogP contribution < -0.4 is 5.73 Å². The third-order valence-electron chi connectivity index (χ3n) is 3.55. The summed E-state index contributed by atoms with van der Waals surface area (Å²) in [4.78, 5) is 0. The third kappa shape index (κ3) is 1.89. The number of benzene rings is 1. The highest BCUT2D eigenvalue weighted by molar-refractivity contribution is 6.30. The van der Waals surface area contributed by atoms with Crippen molar-refractivity contribution in [1.82, 2.24) is 0 Å². The highest BCUT2D eigenvalue weighted by Crippen LogP contribution is 2.48. The molecule has 82 valence electrons. The Morgan fingerprint density at radius 3 is 2.33 bits per heavy atom. The van der Waals surface area contributed by atoms with Gasteiger partial charge < -0.3 is 10.8 Å². The fourth-order valence-corrected chi connectivity index (χ4v) is 2.35. The number of aliphatic hydroxyl groups excluding tert-OH is 1. The van der Waals surface area contributed by atoms with Gasteiger partial charge in [0, 0.05) is 16.5 Å². The first kappa shape index (κ1) is 10.9. The lowest BCUT2D eigenvalue weighted by molar-refractivity contribution is 0.0184. The Kier molecular flexibility index (Phi) is 3.01. The van der Waals surface area contributed by atoms with Crippen LogP contribution in [0, 0.1) is 5.41 Å². The molecule has 0 spiro atoms. The molecule has 3 heteroatoms. The van der Waals surface area contributed by atoms with Crippen molar-refractivity contribution in [3.05, 3.63) is 34.9 Å². The Labute approximate surface area is 95.1 Å². The van der Waals surface area contributed by atoms with Gasteiger partial charge in [0.05, 0.1) is 6.61 Å². The molecule has 1 fully saturated rings. The minimum Gasteiger partial charge on any atom is -0.396 e. The predicted octanol–water partition coefficient (Wildman–Crippen LogP) is 2.50. The Bertz CT molecular complexity index is 326. The number of hydrogen-bond donors (Lipinski definition) is 2. The Morgan fingerprint density at radius 1 is 1.33 bits per heavy atom. The van der Waals surface area contributed by atoms with Crippen LogP contribution in [0.5, 0.6) is 0 Å². The van der Waals surface area contributed by atoms with Crippen molar-refractivity contribution >= 4 is 11.6 Å². The molecule has 0 radical (unpaired) electrons. The quantitative estimate of drug-likeness (QED) is 0.831. The van der Waals surface area contributed by atoms with Gasteiger partial charge in [-0.3, -0.25) is 0 Å². The molecule has 1 aliphatic rings. The Morgan fingerprint density at radius 2 is 1.93 bits per heavy atom. The fourth-order valence-electron chi connectivity index (χ4n) is 2.22. The number of rotatable bonds is 3. The van der Waals surface area contributed by atoms with E-state index in [4.69, 9.17) is 17.3 Å². The monoisotopic (exact) mass is 225 g/mol. The molecule has 0 amide bonds. The minimum atomic E-state index is -0.0895. The van der Waals surface area contributed by atoms with Crippen molar-refractivity contribution in [2.24, 2.45) is 11.1 Å². The summed E-state index contributed by atoms with van der Waals surface area (Å²) in [5.41, 5.74) is 7.17. The number of halogens is 1. The van der Waals surface area contributed by atoms with Gasteiger partial charge in [0.1, 0.15) is 0 Å². The molecule has 2 rings (SSSR count). The van der Waals surface area contributed by atoms with E-state index in [0.29, 0.717) is 0 Å². The first-order valence-electron chi connectivity index (χ1n) is 5.30. The highest BCUT2D eigenvalue weighted by atomic mass is 35.5. The van der Waals surface area contributed by atoms with E-state index in [1.54, 1.807) is 0 Å². The molecule has 1 aliphatic carbocycles. The summed E-state index contributed by atoms with van der Waals surface area (Å²) in [6.07, 6.45) is 3.21. The van der Waals surface area contributed by atoms with Crippen molar-refractivity contribution in [2.45, 2.75) is 25.3 Å². The van der Waals surface area contributed by atoms with E-state index in [2.05, 4.69) is 0 Å². The zero-order chi connectivity index (χ0) is 10.9. The van der Waals surface area contributed by atoms with E-state index in [-0.39, 0.29) is 18.1 Å². The van der Waals surface area contributed by atoms with Gasteiger partial charge in [-0.25, -0.2) is 0 Å². The molecule has 1 aromatic rings.